The minimum Gasteiger partial charge on any atom is -0.491 e. The molecule has 0 N–H and O–H groups in total. The second kappa shape index (κ2) is 15.3. The zero-order valence-electron chi connectivity index (χ0n) is 23.8. The highest BCUT2D eigenvalue weighted by atomic mass is 28.4. The fraction of sp³-hybridized carbons (Fsp3) is 0.500. The van der Waals surface area contributed by atoms with Crippen molar-refractivity contribution >= 4 is 20.8 Å². The summed E-state index contributed by atoms with van der Waals surface area (Å²) in [5.74, 6) is 0.443. The van der Waals surface area contributed by atoms with Gasteiger partial charge in [0.2, 0.25) is 0 Å². The maximum Gasteiger partial charge on any atom is 0.500 e. The molecule has 0 aliphatic carbocycles. The first kappa shape index (κ1) is 31.0. The number of benzene rings is 2. The number of carbonyl (C=O) groups is 1. The molecule has 0 spiro atoms. The van der Waals surface area contributed by atoms with Crippen LogP contribution in [-0.2, 0) is 38.7 Å². The van der Waals surface area contributed by atoms with E-state index in [1.54, 1.807) is 34.3 Å². The molecule has 0 bridgehead atoms. The number of aryl methyl sites for hydroxylation is 1. The van der Waals surface area contributed by atoms with Crippen LogP contribution < -0.4 is 4.74 Å². The first-order valence-electron chi connectivity index (χ1n) is 13.4. The minimum absolute atomic E-state index is 0.143. The third-order valence-electron chi connectivity index (χ3n) is 6.70. The Labute approximate surface area is 233 Å². The highest BCUT2D eigenvalue weighted by molar-refractivity contribution is 6.60. The number of ether oxygens (including phenoxy) is 4. The summed E-state index contributed by atoms with van der Waals surface area (Å²) < 4.78 is 38.7. The summed E-state index contributed by atoms with van der Waals surface area (Å²) in [6.07, 6.45) is 4.85. The fourth-order valence-electron chi connectivity index (χ4n) is 4.41. The van der Waals surface area contributed by atoms with Crippen LogP contribution in [0.25, 0.3) is 17.2 Å². The molecule has 1 aliphatic heterocycles. The highest BCUT2D eigenvalue weighted by Crippen LogP contribution is 2.30. The fourth-order valence-corrected chi connectivity index (χ4v) is 6.14. The van der Waals surface area contributed by atoms with E-state index in [2.05, 4.69) is 31.2 Å². The average molecular weight is 559 g/mol. The Balaban J connectivity index is 1.67. The van der Waals surface area contributed by atoms with Crippen LogP contribution in [-0.4, -0.2) is 75.7 Å². The van der Waals surface area contributed by atoms with Gasteiger partial charge in [-0.1, -0.05) is 37.3 Å². The van der Waals surface area contributed by atoms with Gasteiger partial charge in [0, 0.05) is 38.9 Å². The molecule has 2 aromatic carbocycles. The molecule has 1 aliphatic rings. The van der Waals surface area contributed by atoms with Crippen molar-refractivity contribution < 1.29 is 37.0 Å². The van der Waals surface area contributed by atoms with Crippen molar-refractivity contribution in [2.45, 2.75) is 32.7 Å². The first-order chi connectivity index (χ1) is 18.9. The largest absolute Gasteiger partial charge is 0.500 e. The lowest BCUT2D eigenvalue weighted by atomic mass is 9.90. The molecule has 1 heterocycles. The predicted molar refractivity (Wildman–Crippen MR) is 153 cm³/mol. The van der Waals surface area contributed by atoms with Gasteiger partial charge in [-0.25, -0.2) is 4.79 Å². The van der Waals surface area contributed by atoms with Gasteiger partial charge in [-0.15, -0.1) is 0 Å². The quantitative estimate of drug-likeness (QED) is 0.114. The smallest absolute Gasteiger partial charge is 0.491 e. The lowest BCUT2D eigenvalue weighted by Crippen LogP contribution is -2.43. The summed E-state index contributed by atoms with van der Waals surface area (Å²) in [5.41, 5.74) is 4.43. The van der Waals surface area contributed by atoms with Crippen LogP contribution in [0.5, 0.6) is 5.75 Å². The van der Waals surface area contributed by atoms with Crippen molar-refractivity contribution in [2.75, 3.05) is 61.0 Å². The van der Waals surface area contributed by atoms with Crippen LogP contribution in [0.15, 0.2) is 48.5 Å². The van der Waals surface area contributed by atoms with E-state index >= 15 is 0 Å². The van der Waals surface area contributed by atoms with Crippen LogP contribution >= 0.6 is 0 Å². The second-order valence-electron chi connectivity index (χ2n) is 9.88. The van der Waals surface area contributed by atoms with E-state index in [9.17, 15) is 4.79 Å². The maximum absolute atomic E-state index is 11.8. The summed E-state index contributed by atoms with van der Waals surface area (Å²) in [7, 11) is 2.22. The predicted octanol–water partition coefficient (Wildman–Crippen LogP) is 5.17. The van der Waals surface area contributed by atoms with Crippen molar-refractivity contribution in [3.05, 3.63) is 59.7 Å². The highest BCUT2D eigenvalue weighted by Gasteiger charge is 2.37. The van der Waals surface area contributed by atoms with Gasteiger partial charge in [0.05, 0.1) is 33.0 Å². The molecule has 2 aromatic rings. The number of esters is 1. The number of rotatable bonds is 17. The standard InChI is InChI=1S/C30H42O8Si/c1-6-37-29(31)16-10-24-9-15-28(26(20-24)8-7-19-39(32-3,33-4)34-5)25-11-13-27(14-12-25)38-18-17-35-21-30(2)22-36-23-30/h9-16,20H,6-8,17-19,21-23H2,1-5H3/b16-10+. The van der Waals surface area contributed by atoms with E-state index in [0.29, 0.717) is 32.5 Å². The maximum atomic E-state index is 11.8. The first-order valence-corrected chi connectivity index (χ1v) is 15.3. The monoisotopic (exact) mass is 558 g/mol. The molecule has 0 unspecified atom stereocenters. The molecule has 0 radical (unpaired) electrons. The Morgan fingerprint density at radius 2 is 1.74 bits per heavy atom. The molecule has 0 aromatic heterocycles. The summed E-state index contributed by atoms with van der Waals surface area (Å²) in [4.78, 5) is 11.8. The molecule has 9 heteroatoms. The zero-order valence-corrected chi connectivity index (χ0v) is 24.8. The summed E-state index contributed by atoms with van der Waals surface area (Å²) in [5, 5.41) is 0. The molecule has 1 saturated heterocycles. The zero-order chi connectivity index (χ0) is 28.1. The van der Waals surface area contributed by atoms with Crippen molar-refractivity contribution in [1.29, 1.82) is 0 Å². The van der Waals surface area contributed by atoms with Gasteiger partial charge < -0.3 is 32.2 Å². The Morgan fingerprint density at radius 1 is 1.03 bits per heavy atom. The van der Waals surface area contributed by atoms with E-state index in [1.807, 2.05) is 18.2 Å². The van der Waals surface area contributed by atoms with E-state index in [0.717, 1.165) is 54.1 Å². The lowest BCUT2D eigenvalue weighted by molar-refractivity contribution is -0.139. The third-order valence-corrected chi connectivity index (χ3v) is 9.54. The van der Waals surface area contributed by atoms with Gasteiger partial charge in [-0.3, -0.25) is 0 Å². The van der Waals surface area contributed by atoms with Crippen molar-refractivity contribution in [3.8, 4) is 16.9 Å². The van der Waals surface area contributed by atoms with Gasteiger partial charge in [0.1, 0.15) is 12.4 Å². The van der Waals surface area contributed by atoms with Crippen LogP contribution in [0, 0.1) is 5.41 Å². The summed E-state index contributed by atoms with van der Waals surface area (Å²) in [6, 6.07) is 15.0. The molecule has 214 valence electrons. The minimum atomic E-state index is -2.67. The van der Waals surface area contributed by atoms with Crippen LogP contribution in [0.2, 0.25) is 6.04 Å². The van der Waals surface area contributed by atoms with Gasteiger partial charge in [-0.05, 0) is 60.2 Å². The average Bonchev–Trinajstić information content (AvgIpc) is 2.94. The SMILES string of the molecule is CCOC(=O)/C=C/c1ccc(-c2ccc(OCCOCC3(C)COC3)cc2)c(CCC[Si](OC)(OC)OC)c1. The summed E-state index contributed by atoms with van der Waals surface area (Å²) >= 11 is 0. The molecule has 0 saturated carbocycles. The number of hydrogen-bond acceptors (Lipinski definition) is 8. The van der Waals surface area contributed by atoms with Crippen molar-refractivity contribution in [3.63, 3.8) is 0 Å². The topological polar surface area (TPSA) is 81.7 Å². The van der Waals surface area contributed by atoms with Crippen molar-refractivity contribution in [2.24, 2.45) is 5.41 Å². The lowest BCUT2D eigenvalue weighted by Gasteiger charge is -2.37. The second-order valence-corrected chi connectivity index (χ2v) is 13.0. The van der Waals surface area contributed by atoms with Gasteiger partial charge in [-0.2, -0.15) is 0 Å². The molecular weight excluding hydrogens is 516 g/mol. The Kier molecular flexibility index (Phi) is 12.2. The van der Waals surface area contributed by atoms with Gasteiger partial charge >= 0.3 is 14.8 Å². The molecular formula is C30H42O8Si. The Hall–Kier alpha value is -2.53. The van der Waals surface area contributed by atoms with Crippen LogP contribution in [0.3, 0.4) is 0 Å². The number of hydrogen-bond donors (Lipinski definition) is 0. The molecule has 1 fully saturated rings. The molecule has 0 amide bonds. The molecule has 3 rings (SSSR count). The Morgan fingerprint density at radius 3 is 2.36 bits per heavy atom. The van der Waals surface area contributed by atoms with Gasteiger partial charge in [0.15, 0.2) is 0 Å². The molecule has 8 nitrogen and oxygen atoms in total. The van der Waals surface area contributed by atoms with Crippen LogP contribution in [0.4, 0.5) is 0 Å². The summed E-state index contributed by atoms with van der Waals surface area (Å²) in [6.45, 7) is 7.54. The molecule has 0 atom stereocenters. The van der Waals surface area contributed by atoms with E-state index in [1.165, 1.54) is 6.08 Å². The molecule has 39 heavy (non-hydrogen) atoms. The van der Waals surface area contributed by atoms with E-state index < -0.39 is 8.80 Å². The Bertz CT molecular complexity index is 1050. The number of carbonyl (C=O) groups excluding carboxylic acids is 1. The van der Waals surface area contributed by atoms with Gasteiger partial charge in [0.25, 0.3) is 0 Å². The van der Waals surface area contributed by atoms with Crippen LogP contribution in [0.1, 0.15) is 31.4 Å². The van der Waals surface area contributed by atoms with E-state index in [4.69, 9.17) is 32.2 Å². The van der Waals surface area contributed by atoms with E-state index in [-0.39, 0.29) is 11.4 Å². The third kappa shape index (κ3) is 9.27. The normalized spacial score (nSPS) is 14.8. The van der Waals surface area contributed by atoms with Crippen molar-refractivity contribution in [1.82, 2.24) is 0 Å².